The molecular weight excluding hydrogens is 264 g/mol. The molecule has 0 aliphatic carbocycles. The van der Waals surface area contributed by atoms with E-state index < -0.39 is 5.97 Å². The van der Waals surface area contributed by atoms with Gasteiger partial charge in [-0.25, -0.2) is 4.79 Å². The molecule has 0 aliphatic rings. The highest BCUT2D eigenvalue weighted by molar-refractivity contribution is 5.89. The predicted octanol–water partition coefficient (Wildman–Crippen LogP) is 3.22. The lowest BCUT2D eigenvalue weighted by Gasteiger charge is -2.12. The number of aryl methyl sites for hydroxylation is 1. The summed E-state index contributed by atoms with van der Waals surface area (Å²) in [5, 5.41) is 21.5. The molecule has 2 rings (SSSR count). The lowest BCUT2D eigenvalue weighted by atomic mass is 10.0. The van der Waals surface area contributed by atoms with Crippen molar-refractivity contribution in [2.45, 2.75) is 13.3 Å². The molecule has 4 heteroatoms. The van der Waals surface area contributed by atoms with Crippen molar-refractivity contribution >= 4 is 11.7 Å². The maximum absolute atomic E-state index is 11.1. The van der Waals surface area contributed by atoms with E-state index in [2.05, 4.69) is 11.4 Å². The van der Waals surface area contributed by atoms with Gasteiger partial charge in [-0.2, -0.15) is 5.26 Å². The van der Waals surface area contributed by atoms with E-state index in [1.807, 2.05) is 31.2 Å². The van der Waals surface area contributed by atoms with Crippen LogP contribution < -0.4 is 5.32 Å². The lowest BCUT2D eigenvalue weighted by Crippen LogP contribution is -2.10. The van der Waals surface area contributed by atoms with Crippen molar-refractivity contribution in [1.29, 1.82) is 5.26 Å². The minimum Gasteiger partial charge on any atom is -0.478 e. The molecule has 0 amide bonds. The third-order valence-corrected chi connectivity index (χ3v) is 3.34. The molecule has 0 bridgehead atoms. The van der Waals surface area contributed by atoms with Gasteiger partial charge in [0.2, 0.25) is 0 Å². The van der Waals surface area contributed by atoms with E-state index in [9.17, 15) is 4.79 Å². The number of anilines is 1. The highest BCUT2D eigenvalue weighted by atomic mass is 16.4. The number of para-hydroxylation sites is 1. The summed E-state index contributed by atoms with van der Waals surface area (Å²) in [6, 6.07) is 14.7. The van der Waals surface area contributed by atoms with Gasteiger partial charge in [-0.3, -0.25) is 0 Å². The third kappa shape index (κ3) is 3.40. The summed E-state index contributed by atoms with van der Waals surface area (Å²) in [7, 11) is 0. The molecule has 0 atom stereocenters. The van der Waals surface area contributed by atoms with Gasteiger partial charge in [0, 0.05) is 6.54 Å². The van der Waals surface area contributed by atoms with Crippen LogP contribution in [0.4, 0.5) is 5.69 Å². The molecule has 0 heterocycles. The first kappa shape index (κ1) is 14.6. The smallest absolute Gasteiger partial charge is 0.335 e. The number of carboxylic acids is 1. The Balaban J connectivity index is 2.10. The topological polar surface area (TPSA) is 73.1 Å². The van der Waals surface area contributed by atoms with Crippen molar-refractivity contribution in [3.63, 3.8) is 0 Å². The van der Waals surface area contributed by atoms with Crippen molar-refractivity contribution in [3.8, 4) is 6.07 Å². The Hall–Kier alpha value is -2.80. The number of hydrogen-bond acceptors (Lipinski definition) is 3. The fourth-order valence-corrected chi connectivity index (χ4v) is 2.26. The predicted molar refractivity (Wildman–Crippen MR) is 81.5 cm³/mol. The minimum absolute atomic E-state index is 0.324. The average molecular weight is 280 g/mol. The van der Waals surface area contributed by atoms with Gasteiger partial charge in [-0.05, 0) is 36.6 Å². The molecule has 0 fully saturated rings. The highest BCUT2D eigenvalue weighted by Crippen LogP contribution is 2.20. The molecule has 0 saturated carbocycles. The van der Waals surface area contributed by atoms with Crippen LogP contribution in [0.5, 0.6) is 0 Å². The fourth-order valence-electron chi connectivity index (χ4n) is 2.26. The van der Waals surface area contributed by atoms with Crippen molar-refractivity contribution in [1.82, 2.24) is 0 Å². The number of carbonyl (C=O) groups is 1. The van der Waals surface area contributed by atoms with Gasteiger partial charge in [0.05, 0.1) is 16.8 Å². The number of carboxylic acid groups (broad SMARTS) is 1. The number of benzene rings is 2. The Morgan fingerprint density at radius 3 is 2.71 bits per heavy atom. The highest BCUT2D eigenvalue weighted by Gasteiger charge is 2.09. The first-order valence-corrected chi connectivity index (χ1v) is 6.68. The Kier molecular flexibility index (Phi) is 4.57. The fraction of sp³-hybridized carbons (Fsp3) is 0.176. The second-order valence-corrected chi connectivity index (χ2v) is 4.75. The summed E-state index contributed by atoms with van der Waals surface area (Å²) in [5.74, 6) is -0.917. The number of rotatable bonds is 5. The van der Waals surface area contributed by atoms with Gasteiger partial charge >= 0.3 is 5.97 Å². The van der Waals surface area contributed by atoms with Gasteiger partial charge < -0.3 is 10.4 Å². The molecular formula is C17H16N2O2. The first-order valence-electron chi connectivity index (χ1n) is 6.68. The maximum Gasteiger partial charge on any atom is 0.335 e. The van der Waals surface area contributed by atoms with Crippen LogP contribution in [0.15, 0.2) is 42.5 Å². The zero-order valence-corrected chi connectivity index (χ0v) is 11.8. The van der Waals surface area contributed by atoms with Gasteiger partial charge in [0.25, 0.3) is 0 Å². The molecule has 2 aromatic rings. The number of nitrogens with zero attached hydrogens (tertiary/aromatic N) is 1. The van der Waals surface area contributed by atoms with Crippen molar-refractivity contribution in [2.75, 3.05) is 11.9 Å². The number of hydrogen-bond donors (Lipinski definition) is 2. The molecule has 0 unspecified atom stereocenters. The summed E-state index contributed by atoms with van der Waals surface area (Å²) in [4.78, 5) is 11.1. The van der Waals surface area contributed by atoms with Crippen LogP contribution in [0.2, 0.25) is 0 Å². The molecule has 21 heavy (non-hydrogen) atoms. The molecule has 0 saturated heterocycles. The van der Waals surface area contributed by atoms with E-state index in [-0.39, 0.29) is 0 Å². The summed E-state index contributed by atoms with van der Waals surface area (Å²) >= 11 is 0. The molecule has 0 aromatic heterocycles. The van der Waals surface area contributed by atoms with E-state index in [0.29, 0.717) is 24.1 Å². The molecule has 4 nitrogen and oxygen atoms in total. The zero-order chi connectivity index (χ0) is 15.2. The van der Waals surface area contributed by atoms with Gasteiger partial charge in [0.1, 0.15) is 6.07 Å². The lowest BCUT2D eigenvalue weighted by molar-refractivity contribution is 0.0695. The van der Waals surface area contributed by atoms with E-state index in [4.69, 9.17) is 10.4 Å². The molecule has 106 valence electrons. The number of aromatic carboxylic acids is 1. The summed E-state index contributed by atoms with van der Waals surface area (Å²) in [6.07, 6.45) is 0.585. The number of nitriles is 1. The largest absolute Gasteiger partial charge is 0.478 e. The van der Waals surface area contributed by atoms with Crippen molar-refractivity contribution in [3.05, 3.63) is 64.7 Å². The SMILES string of the molecule is Cc1cccc(C#N)c1NCCc1ccccc1C(=O)O. The van der Waals surface area contributed by atoms with Crippen LogP contribution in [0.3, 0.4) is 0 Å². The van der Waals surface area contributed by atoms with Crippen molar-refractivity contribution in [2.24, 2.45) is 0 Å². The molecule has 0 spiro atoms. The second-order valence-electron chi connectivity index (χ2n) is 4.75. The third-order valence-electron chi connectivity index (χ3n) is 3.34. The van der Waals surface area contributed by atoms with Crippen LogP contribution >= 0.6 is 0 Å². The Labute approximate surface area is 123 Å². The van der Waals surface area contributed by atoms with Crippen LogP contribution in [0.1, 0.15) is 27.0 Å². The normalized spacial score (nSPS) is 9.90. The second kappa shape index (κ2) is 6.58. The van der Waals surface area contributed by atoms with E-state index in [1.54, 1.807) is 18.2 Å². The summed E-state index contributed by atoms with van der Waals surface area (Å²) in [5.41, 5.74) is 3.52. The van der Waals surface area contributed by atoms with Crippen molar-refractivity contribution < 1.29 is 9.90 Å². The van der Waals surface area contributed by atoms with E-state index in [1.165, 1.54) is 0 Å². The zero-order valence-electron chi connectivity index (χ0n) is 11.8. The van der Waals surface area contributed by atoms with Crippen LogP contribution in [-0.2, 0) is 6.42 Å². The quantitative estimate of drug-likeness (QED) is 0.882. The van der Waals surface area contributed by atoms with Gasteiger partial charge in [0.15, 0.2) is 0 Å². The van der Waals surface area contributed by atoms with Gasteiger partial charge in [-0.15, -0.1) is 0 Å². The Morgan fingerprint density at radius 2 is 2.00 bits per heavy atom. The average Bonchev–Trinajstić information content (AvgIpc) is 2.49. The molecule has 0 radical (unpaired) electrons. The Morgan fingerprint density at radius 1 is 1.24 bits per heavy atom. The van der Waals surface area contributed by atoms with Gasteiger partial charge in [-0.1, -0.05) is 30.3 Å². The van der Waals surface area contributed by atoms with Crippen LogP contribution in [0.25, 0.3) is 0 Å². The summed E-state index contributed by atoms with van der Waals surface area (Å²) < 4.78 is 0. The maximum atomic E-state index is 11.1. The van der Waals surface area contributed by atoms with Crippen LogP contribution in [-0.4, -0.2) is 17.6 Å². The Bertz CT molecular complexity index is 702. The first-order chi connectivity index (χ1) is 10.1. The monoisotopic (exact) mass is 280 g/mol. The minimum atomic E-state index is -0.917. The van der Waals surface area contributed by atoms with Crippen LogP contribution in [0, 0.1) is 18.3 Å². The number of nitrogens with one attached hydrogen (secondary N) is 1. The van der Waals surface area contributed by atoms with E-state index in [0.717, 1.165) is 16.8 Å². The standard InChI is InChI=1S/C17H16N2O2/c1-12-5-4-7-14(11-18)16(12)19-10-9-13-6-2-3-8-15(13)17(20)21/h2-8,19H,9-10H2,1H3,(H,20,21). The molecule has 0 aliphatic heterocycles. The molecule has 2 aromatic carbocycles. The van der Waals surface area contributed by atoms with E-state index >= 15 is 0 Å². The molecule has 2 N–H and O–H groups in total. The summed E-state index contributed by atoms with van der Waals surface area (Å²) in [6.45, 7) is 2.51.